The molecule has 0 radical (unpaired) electrons. The second kappa shape index (κ2) is 7.54. The fourth-order valence-electron chi connectivity index (χ4n) is 1.39. The standard InChI is InChI=1S/C12H18FNO4S/c1-10-3-4-11(13)12(9-10)19(15,16)14-5-6-18-8-7-17-2/h3-4,9,14H,5-8H2,1-2H3. The van der Waals surface area contributed by atoms with E-state index in [1.807, 2.05) is 0 Å². The van der Waals surface area contributed by atoms with Crippen molar-refractivity contribution in [1.29, 1.82) is 0 Å². The van der Waals surface area contributed by atoms with E-state index in [-0.39, 0.29) is 18.0 Å². The first-order valence-electron chi connectivity index (χ1n) is 5.80. The van der Waals surface area contributed by atoms with Crippen molar-refractivity contribution in [2.24, 2.45) is 0 Å². The molecule has 108 valence electrons. The molecule has 0 spiro atoms. The van der Waals surface area contributed by atoms with Crippen molar-refractivity contribution in [3.8, 4) is 0 Å². The van der Waals surface area contributed by atoms with E-state index in [9.17, 15) is 12.8 Å². The zero-order chi connectivity index (χ0) is 14.3. The summed E-state index contributed by atoms with van der Waals surface area (Å²) in [7, 11) is -2.29. The van der Waals surface area contributed by atoms with E-state index in [0.29, 0.717) is 18.8 Å². The Labute approximate surface area is 112 Å². The van der Waals surface area contributed by atoms with Gasteiger partial charge in [0, 0.05) is 13.7 Å². The first-order valence-corrected chi connectivity index (χ1v) is 7.28. The molecule has 0 amide bonds. The SMILES string of the molecule is COCCOCCNS(=O)(=O)c1cc(C)ccc1F. The van der Waals surface area contributed by atoms with E-state index < -0.39 is 15.8 Å². The van der Waals surface area contributed by atoms with Crippen LogP contribution in [0.3, 0.4) is 0 Å². The highest BCUT2D eigenvalue weighted by Crippen LogP contribution is 2.15. The number of methoxy groups -OCH3 is 1. The predicted molar refractivity (Wildman–Crippen MR) is 69.0 cm³/mol. The summed E-state index contributed by atoms with van der Waals surface area (Å²) in [5, 5.41) is 0. The normalized spacial score (nSPS) is 11.7. The van der Waals surface area contributed by atoms with Gasteiger partial charge in [-0.3, -0.25) is 0 Å². The highest BCUT2D eigenvalue weighted by atomic mass is 32.2. The molecule has 0 aliphatic heterocycles. The first kappa shape index (κ1) is 16.0. The topological polar surface area (TPSA) is 64.6 Å². The van der Waals surface area contributed by atoms with Crippen LogP contribution in [0.15, 0.2) is 23.1 Å². The molecule has 1 N–H and O–H groups in total. The van der Waals surface area contributed by atoms with Gasteiger partial charge in [0.15, 0.2) is 0 Å². The van der Waals surface area contributed by atoms with Crippen LogP contribution in [0.1, 0.15) is 5.56 Å². The molecule has 0 saturated heterocycles. The molecule has 0 aromatic heterocycles. The van der Waals surface area contributed by atoms with Gasteiger partial charge in [0.05, 0.1) is 19.8 Å². The third-order valence-electron chi connectivity index (χ3n) is 2.35. The minimum atomic E-state index is -3.84. The number of halogens is 1. The number of hydrogen-bond acceptors (Lipinski definition) is 4. The average molecular weight is 291 g/mol. The number of benzene rings is 1. The lowest BCUT2D eigenvalue weighted by atomic mass is 10.2. The van der Waals surface area contributed by atoms with Crippen molar-refractivity contribution < 1.29 is 22.3 Å². The lowest BCUT2D eigenvalue weighted by Gasteiger charge is -2.08. The van der Waals surface area contributed by atoms with Crippen LogP contribution in [0.5, 0.6) is 0 Å². The summed E-state index contributed by atoms with van der Waals surface area (Å²) in [6.07, 6.45) is 0. The Morgan fingerprint density at radius 1 is 1.26 bits per heavy atom. The van der Waals surface area contributed by atoms with E-state index in [2.05, 4.69) is 4.72 Å². The third-order valence-corrected chi connectivity index (χ3v) is 3.82. The largest absolute Gasteiger partial charge is 0.382 e. The third kappa shape index (κ3) is 5.23. The summed E-state index contributed by atoms with van der Waals surface area (Å²) in [6.45, 7) is 2.82. The molecule has 0 unspecified atom stereocenters. The fraction of sp³-hybridized carbons (Fsp3) is 0.500. The van der Waals surface area contributed by atoms with Crippen molar-refractivity contribution in [3.63, 3.8) is 0 Å². The predicted octanol–water partition coefficient (Wildman–Crippen LogP) is 1.08. The molecule has 5 nitrogen and oxygen atoms in total. The molecule has 0 heterocycles. The van der Waals surface area contributed by atoms with Crippen LogP contribution >= 0.6 is 0 Å². The minimum absolute atomic E-state index is 0.0828. The zero-order valence-corrected chi connectivity index (χ0v) is 11.8. The molecule has 7 heteroatoms. The maximum Gasteiger partial charge on any atom is 0.243 e. The van der Waals surface area contributed by atoms with Crippen molar-refractivity contribution in [2.45, 2.75) is 11.8 Å². The van der Waals surface area contributed by atoms with Gasteiger partial charge in [-0.05, 0) is 24.6 Å². The zero-order valence-electron chi connectivity index (χ0n) is 11.0. The number of ether oxygens (including phenoxy) is 2. The van der Waals surface area contributed by atoms with Gasteiger partial charge in [0.25, 0.3) is 0 Å². The summed E-state index contributed by atoms with van der Waals surface area (Å²) < 4.78 is 49.4. The van der Waals surface area contributed by atoms with Gasteiger partial charge in [-0.15, -0.1) is 0 Å². The molecule has 0 aliphatic rings. The van der Waals surface area contributed by atoms with Gasteiger partial charge in [-0.25, -0.2) is 17.5 Å². The minimum Gasteiger partial charge on any atom is -0.382 e. The van der Waals surface area contributed by atoms with Crippen LogP contribution in [0.25, 0.3) is 0 Å². The number of nitrogens with one attached hydrogen (secondary N) is 1. The Hall–Kier alpha value is -1.02. The smallest absolute Gasteiger partial charge is 0.243 e. The first-order chi connectivity index (χ1) is 8.97. The Morgan fingerprint density at radius 3 is 2.68 bits per heavy atom. The highest BCUT2D eigenvalue weighted by molar-refractivity contribution is 7.89. The lowest BCUT2D eigenvalue weighted by molar-refractivity contribution is 0.0736. The average Bonchev–Trinajstić information content (AvgIpc) is 2.36. The van der Waals surface area contributed by atoms with E-state index in [4.69, 9.17) is 9.47 Å². The maximum absolute atomic E-state index is 13.5. The molecule has 0 atom stereocenters. The lowest BCUT2D eigenvalue weighted by Crippen LogP contribution is -2.28. The molecular formula is C12H18FNO4S. The van der Waals surface area contributed by atoms with Crippen molar-refractivity contribution >= 4 is 10.0 Å². The number of aryl methyl sites for hydroxylation is 1. The number of hydrogen-bond donors (Lipinski definition) is 1. The van der Waals surface area contributed by atoms with Crippen LogP contribution in [0, 0.1) is 12.7 Å². The second-order valence-electron chi connectivity index (χ2n) is 3.94. The molecule has 0 fully saturated rings. The molecule has 1 aromatic rings. The molecule has 0 bridgehead atoms. The Morgan fingerprint density at radius 2 is 2.00 bits per heavy atom. The Bertz CT molecular complexity index is 504. The van der Waals surface area contributed by atoms with Gasteiger partial charge >= 0.3 is 0 Å². The number of rotatable bonds is 8. The van der Waals surface area contributed by atoms with E-state index in [1.165, 1.54) is 12.1 Å². The second-order valence-corrected chi connectivity index (χ2v) is 5.67. The summed E-state index contributed by atoms with van der Waals surface area (Å²) in [5.41, 5.74) is 0.679. The van der Waals surface area contributed by atoms with Gasteiger partial charge in [-0.2, -0.15) is 0 Å². The van der Waals surface area contributed by atoms with Crippen molar-refractivity contribution in [2.75, 3.05) is 33.5 Å². The highest BCUT2D eigenvalue weighted by Gasteiger charge is 2.18. The molecule has 1 aromatic carbocycles. The van der Waals surface area contributed by atoms with Gasteiger partial charge in [-0.1, -0.05) is 6.07 Å². The van der Waals surface area contributed by atoms with E-state index in [0.717, 1.165) is 6.07 Å². The summed E-state index contributed by atoms with van der Waals surface area (Å²) in [4.78, 5) is -0.343. The Kier molecular flexibility index (Phi) is 6.36. The van der Waals surface area contributed by atoms with Crippen LogP contribution in [0.4, 0.5) is 4.39 Å². The quantitative estimate of drug-likeness (QED) is 0.728. The maximum atomic E-state index is 13.5. The van der Waals surface area contributed by atoms with Crippen LogP contribution in [-0.4, -0.2) is 41.9 Å². The van der Waals surface area contributed by atoms with Gasteiger partial charge in [0.1, 0.15) is 10.7 Å². The summed E-state index contributed by atoms with van der Waals surface area (Å²) in [5.74, 6) is -0.765. The van der Waals surface area contributed by atoms with E-state index >= 15 is 0 Å². The fourth-order valence-corrected chi connectivity index (χ4v) is 2.56. The van der Waals surface area contributed by atoms with Gasteiger partial charge < -0.3 is 9.47 Å². The molecule has 19 heavy (non-hydrogen) atoms. The summed E-state index contributed by atoms with van der Waals surface area (Å²) >= 11 is 0. The van der Waals surface area contributed by atoms with Crippen molar-refractivity contribution in [1.82, 2.24) is 4.72 Å². The van der Waals surface area contributed by atoms with Crippen LogP contribution in [-0.2, 0) is 19.5 Å². The van der Waals surface area contributed by atoms with E-state index in [1.54, 1.807) is 14.0 Å². The van der Waals surface area contributed by atoms with Gasteiger partial charge in [0.2, 0.25) is 10.0 Å². The molecule has 1 rings (SSSR count). The molecule has 0 saturated carbocycles. The Balaban J connectivity index is 2.54. The van der Waals surface area contributed by atoms with Crippen molar-refractivity contribution in [3.05, 3.63) is 29.6 Å². The molecular weight excluding hydrogens is 273 g/mol. The van der Waals surface area contributed by atoms with Crippen LogP contribution < -0.4 is 4.72 Å². The molecule has 0 aliphatic carbocycles. The number of sulfonamides is 1. The summed E-state index contributed by atoms with van der Waals surface area (Å²) in [6, 6.07) is 3.95. The van der Waals surface area contributed by atoms with Crippen LogP contribution in [0.2, 0.25) is 0 Å². The monoisotopic (exact) mass is 291 g/mol.